The zero-order valence-electron chi connectivity index (χ0n) is 10.6. The Labute approximate surface area is 108 Å². The van der Waals surface area contributed by atoms with Gasteiger partial charge in [-0.2, -0.15) is 0 Å². The third-order valence-corrected chi connectivity index (χ3v) is 3.80. The first kappa shape index (κ1) is 13.9. The average molecular weight is 251 g/mol. The molecule has 0 spiro atoms. The first-order chi connectivity index (χ1) is 8.13. The van der Waals surface area contributed by atoms with E-state index in [4.69, 9.17) is 5.84 Å². The molecule has 0 amide bonds. The second-order valence-corrected chi connectivity index (χ2v) is 5.06. The lowest BCUT2D eigenvalue weighted by Gasteiger charge is -2.23. The molecule has 0 aliphatic carbocycles. The smallest absolute Gasteiger partial charge is 0.201 e. The minimum absolute atomic E-state index is 0.302. The van der Waals surface area contributed by atoms with Gasteiger partial charge in [0.15, 0.2) is 0 Å². The molecule has 1 aromatic rings. The third-order valence-electron chi connectivity index (χ3n) is 2.72. The van der Waals surface area contributed by atoms with Gasteiger partial charge in [-0.1, -0.05) is 44.3 Å². The Morgan fingerprint density at radius 3 is 2.65 bits per heavy atom. The number of nitrogens with two attached hydrogens (primary N) is 1. The number of hydrogen-bond donors (Lipinski definition) is 1. The van der Waals surface area contributed by atoms with Gasteiger partial charge in [-0.25, -0.2) is 10.8 Å². The summed E-state index contributed by atoms with van der Waals surface area (Å²) in [5.41, 5.74) is 0.859. The van der Waals surface area contributed by atoms with Crippen LogP contribution in [0.3, 0.4) is 0 Å². The van der Waals surface area contributed by atoms with E-state index in [1.54, 1.807) is 28.5 Å². The van der Waals surface area contributed by atoms with Crippen molar-refractivity contribution >= 4 is 28.6 Å². The lowest BCUT2D eigenvalue weighted by atomic mass is 10.1. The topological polar surface area (TPSA) is 42.2 Å². The number of thiazole rings is 1. The molecule has 17 heavy (non-hydrogen) atoms. The van der Waals surface area contributed by atoms with E-state index in [0.29, 0.717) is 6.04 Å². The summed E-state index contributed by atoms with van der Waals surface area (Å²) in [5, 5.41) is 2.58. The summed E-state index contributed by atoms with van der Waals surface area (Å²) in [7, 11) is 0. The molecule has 1 aromatic heterocycles. The molecular weight excluding hydrogens is 230 g/mol. The highest BCUT2D eigenvalue weighted by atomic mass is 32.1. The summed E-state index contributed by atoms with van der Waals surface area (Å²) in [6, 6.07) is 0.302. The average Bonchev–Trinajstić information content (AvgIpc) is 2.77. The van der Waals surface area contributed by atoms with E-state index in [1.165, 1.54) is 12.8 Å². The summed E-state index contributed by atoms with van der Waals surface area (Å²) >= 11 is 1.55. The van der Waals surface area contributed by atoms with Crippen molar-refractivity contribution in [1.82, 2.24) is 4.98 Å². The van der Waals surface area contributed by atoms with Crippen LogP contribution in [0.15, 0.2) is 13.2 Å². The van der Waals surface area contributed by atoms with Crippen LogP contribution in [0.25, 0.3) is 12.2 Å². The molecular formula is C13H21N3S. The molecule has 0 bridgehead atoms. The molecule has 0 fully saturated rings. The van der Waals surface area contributed by atoms with E-state index in [0.717, 1.165) is 22.1 Å². The number of rotatable bonds is 7. The molecule has 0 saturated carbocycles. The minimum Gasteiger partial charge on any atom is -0.283 e. The van der Waals surface area contributed by atoms with Crippen molar-refractivity contribution in [3.8, 4) is 0 Å². The Balaban J connectivity index is 2.80. The highest BCUT2D eigenvalue weighted by Gasteiger charge is 2.15. The molecule has 0 aromatic carbocycles. The Morgan fingerprint density at radius 1 is 1.47 bits per heavy atom. The number of nitrogens with zero attached hydrogens (tertiary/aromatic N) is 2. The molecule has 0 radical (unpaired) electrons. The number of hydrazine groups is 1. The van der Waals surface area contributed by atoms with E-state index in [9.17, 15) is 0 Å². The normalized spacial score (nSPS) is 12.2. The number of anilines is 1. The number of aromatic nitrogens is 1. The van der Waals surface area contributed by atoms with Gasteiger partial charge in [-0.05, 0) is 25.5 Å². The van der Waals surface area contributed by atoms with Gasteiger partial charge in [0.1, 0.15) is 0 Å². The van der Waals surface area contributed by atoms with Crippen molar-refractivity contribution in [2.45, 2.75) is 39.2 Å². The van der Waals surface area contributed by atoms with Gasteiger partial charge in [-0.15, -0.1) is 0 Å². The zero-order valence-corrected chi connectivity index (χ0v) is 11.5. The van der Waals surface area contributed by atoms with Gasteiger partial charge in [0.25, 0.3) is 0 Å². The first-order valence-corrected chi connectivity index (χ1v) is 6.75. The molecule has 0 saturated heterocycles. The van der Waals surface area contributed by atoms with Crippen LogP contribution >= 0.6 is 11.3 Å². The van der Waals surface area contributed by atoms with E-state index < -0.39 is 0 Å². The van der Waals surface area contributed by atoms with Crippen LogP contribution < -0.4 is 10.9 Å². The fourth-order valence-electron chi connectivity index (χ4n) is 1.56. The van der Waals surface area contributed by atoms with E-state index in [1.807, 2.05) is 0 Å². The van der Waals surface area contributed by atoms with Crippen LogP contribution in [0.1, 0.15) is 43.7 Å². The molecule has 2 N–H and O–H groups in total. The zero-order chi connectivity index (χ0) is 12.8. The standard InChI is InChI=1S/C13H21N3S/c1-5-8-9-10(4)16(14)13-15-11(6-2)12(7-3)17-13/h6-7,10H,2-3,5,8-9,14H2,1,4H3. The van der Waals surface area contributed by atoms with E-state index >= 15 is 0 Å². The lowest BCUT2D eigenvalue weighted by molar-refractivity contribution is 0.568. The quantitative estimate of drug-likeness (QED) is 0.593. The van der Waals surface area contributed by atoms with Gasteiger partial charge in [0.2, 0.25) is 5.13 Å². The molecule has 0 aliphatic rings. The van der Waals surface area contributed by atoms with Gasteiger partial charge in [0, 0.05) is 6.04 Å². The van der Waals surface area contributed by atoms with Crippen LogP contribution in [-0.4, -0.2) is 11.0 Å². The number of hydrogen-bond acceptors (Lipinski definition) is 4. The van der Waals surface area contributed by atoms with E-state index in [2.05, 4.69) is 32.0 Å². The summed E-state index contributed by atoms with van der Waals surface area (Å²) in [6.07, 6.45) is 6.98. The largest absolute Gasteiger partial charge is 0.283 e. The summed E-state index contributed by atoms with van der Waals surface area (Å²) < 4.78 is 0. The molecule has 0 aliphatic heterocycles. The maximum atomic E-state index is 6.08. The molecule has 4 heteroatoms. The van der Waals surface area contributed by atoms with E-state index in [-0.39, 0.29) is 0 Å². The van der Waals surface area contributed by atoms with Crippen molar-refractivity contribution in [2.75, 3.05) is 5.01 Å². The predicted octanol–water partition coefficient (Wildman–Crippen LogP) is 3.69. The van der Waals surface area contributed by atoms with Crippen molar-refractivity contribution in [3.05, 3.63) is 23.7 Å². The Kier molecular flexibility index (Phi) is 5.38. The first-order valence-electron chi connectivity index (χ1n) is 5.93. The Bertz CT molecular complexity index is 359. The van der Waals surface area contributed by atoms with Crippen LogP contribution in [0.4, 0.5) is 5.13 Å². The molecule has 1 atom stereocenters. The highest BCUT2D eigenvalue weighted by Crippen LogP contribution is 2.28. The molecule has 1 heterocycles. The van der Waals surface area contributed by atoms with Crippen molar-refractivity contribution in [2.24, 2.45) is 5.84 Å². The van der Waals surface area contributed by atoms with Gasteiger partial charge in [0.05, 0.1) is 10.6 Å². The lowest BCUT2D eigenvalue weighted by Crippen LogP contribution is -2.39. The maximum Gasteiger partial charge on any atom is 0.201 e. The van der Waals surface area contributed by atoms with Gasteiger partial charge in [-0.3, -0.25) is 5.01 Å². The molecule has 94 valence electrons. The van der Waals surface area contributed by atoms with Crippen molar-refractivity contribution in [3.63, 3.8) is 0 Å². The predicted molar refractivity (Wildman–Crippen MR) is 77.9 cm³/mol. The second-order valence-electron chi connectivity index (χ2n) is 4.05. The van der Waals surface area contributed by atoms with Crippen molar-refractivity contribution < 1.29 is 0 Å². The van der Waals surface area contributed by atoms with Gasteiger partial charge >= 0.3 is 0 Å². The fourth-order valence-corrected chi connectivity index (χ4v) is 2.50. The van der Waals surface area contributed by atoms with Crippen LogP contribution in [0, 0.1) is 0 Å². The highest BCUT2D eigenvalue weighted by molar-refractivity contribution is 7.16. The SMILES string of the molecule is C=Cc1nc(N(N)C(C)CCCC)sc1C=C. The molecule has 3 nitrogen and oxygen atoms in total. The Hall–Kier alpha value is -1.13. The van der Waals surface area contributed by atoms with Crippen LogP contribution in [0.2, 0.25) is 0 Å². The van der Waals surface area contributed by atoms with Gasteiger partial charge < -0.3 is 0 Å². The van der Waals surface area contributed by atoms with Crippen LogP contribution in [0.5, 0.6) is 0 Å². The van der Waals surface area contributed by atoms with Crippen LogP contribution in [-0.2, 0) is 0 Å². The fraction of sp³-hybridized carbons (Fsp3) is 0.462. The summed E-state index contributed by atoms with van der Waals surface area (Å²) in [6.45, 7) is 11.8. The molecule has 1 unspecified atom stereocenters. The Morgan fingerprint density at radius 2 is 2.18 bits per heavy atom. The molecule has 1 rings (SSSR count). The second kappa shape index (κ2) is 6.57. The maximum absolute atomic E-state index is 6.08. The minimum atomic E-state index is 0.302. The number of unbranched alkanes of at least 4 members (excludes halogenated alkanes) is 1. The third kappa shape index (κ3) is 3.41. The summed E-state index contributed by atoms with van der Waals surface area (Å²) in [4.78, 5) is 5.48. The summed E-state index contributed by atoms with van der Waals surface area (Å²) in [5.74, 6) is 6.08. The monoisotopic (exact) mass is 251 g/mol. The van der Waals surface area contributed by atoms with Crippen molar-refractivity contribution in [1.29, 1.82) is 0 Å².